The molecule has 182 valence electrons. The minimum absolute atomic E-state index is 0.0288. The highest BCUT2D eigenvalue weighted by Crippen LogP contribution is 2.36. The molecule has 1 saturated carbocycles. The number of carbonyl (C=O) groups is 2. The van der Waals surface area contributed by atoms with Crippen LogP contribution in [0.25, 0.3) is 11.1 Å². The molecule has 35 heavy (non-hydrogen) atoms. The molecule has 0 spiro atoms. The van der Waals surface area contributed by atoms with Crippen molar-refractivity contribution in [1.82, 2.24) is 15.6 Å². The van der Waals surface area contributed by atoms with Crippen LogP contribution in [-0.4, -0.2) is 34.3 Å². The van der Waals surface area contributed by atoms with E-state index in [1.807, 2.05) is 6.07 Å². The number of nitrogens with zero attached hydrogens (tertiary/aromatic N) is 2. The van der Waals surface area contributed by atoms with Crippen LogP contribution in [0.1, 0.15) is 35.8 Å². The number of oxazole rings is 1. The maximum atomic E-state index is 13.4. The van der Waals surface area contributed by atoms with E-state index in [4.69, 9.17) is 16.0 Å². The van der Waals surface area contributed by atoms with Gasteiger partial charge in [-0.15, -0.1) is 11.6 Å². The lowest BCUT2D eigenvalue weighted by atomic mass is 9.99. The molecular formula is C24H20ClF3N4O3. The molecule has 0 radical (unpaired) electrons. The van der Waals surface area contributed by atoms with Gasteiger partial charge in [-0.1, -0.05) is 36.4 Å². The lowest BCUT2D eigenvalue weighted by Gasteiger charge is -2.22. The van der Waals surface area contributed by atoms with Crippen LogP contribution in [-0.2, 0) is 22.2 Å². The summed E-state index contributed by atoms with van der Waals surface area (Å²) in [5, 5.41) is 14.6. The van der Waals surface area contributed by atoms with Crippen molar-refractivity contribution in [3.63, 3.8) is 0 Å². The van der Waals surface area contributed by atoms with Gasteiger partial charge >= 0.3 is 6.18 Å². The quantitative estimate of drug-likeness (QED) is 0.450. The number of hydrogen-bond donors (Lipinski definition) is 2. The van der Waals surface area contributed by atoms with E-state index >= 15 is 0 Å². The van der Waals surface area contributed by atoms with Crippen LogP contribution in [0.15, 0.2) is 52.9 Å². The number of carbonyl (C=O) groups excluding carboxylic acids is 2. The third-order valence-electron chi connectivity index (χ3n) is 5.78. The average molecular weight is 505 g/mol. The van der Waals surface area contributed by atoms with Crippen molar-refractivity contribution in [3.8, 4) is 6.07 Å². The molecule has 0 aliphatic heterocycles. The van der Waals surface area contributed by atoms with Crippen LogP contribution in [0, 0.1) is 11.3 Å². The third-order valence-corrected chi connectivity index (χ3v) is 6.08. The highest BCUT2D eigenvalue weighted by molar-refractivity contribution is 6.20. The highest BCUT2D eigenvalue weighted by atomic mass is 35.5. The largest absolute Gasteiger partial charge is 0.440 e. The molecule has 11 heteroatoms. The SMILES string of the molecule is N#CC1(NC(=O)C(Cc2nc3cccc(C(F)(F)F)c3o2)NC(=O)C(CCl)c2ccccc2)CC1. The van der Waals surface area contributed by atoms with Gasteiger partial charge in [-0.05, 0) is 30.5 Å². The standard InChI is InChI=1S/C24H20ClF3N4O3/c25-12-15(14-5-2-1-3-6-14)21(33)31-18(22(34)32-23(13-29)9-10-23)11-19-30-17-8-4-7-16(20(17)35-19)24(26,27)28/h1-8,15,18H,9-12H2,(H,31,33)(H,32,34). The molecule has 1 aromatic heterocycles. The van der Waals surface area contributed by atoms with Gasteiger partial charge in [-0.2, -0.15) is 18.4 Å². The van der Waals surface area contributed by atoms with Crippen molar-refractivity contribution in [2.24, 2.45) is 0 Å². The fraction of sp³-hybridized carbons (Fsp3) is 0.333. The molecule has 1 aliphatic rings. The second kappa shape index (κ2) is 9.58. The van der Waals surface area contributed by atoms with Gasteiger partial charge in [0, 0.05) is 5.88 Å². The van der Waals surface area contributed by atoms with Gasteiger partial charge in [0.1, 0.15) is 22.7 Å². The molecule has 2 atom stereocenters. The van der Waals surface area contributed by atoms with Crippen molar-refractivity contribution in [2.45, 2.75) is 42.9 Å². The Morgan fingerprint density at radius 3 is 2.46 bits per heavy atom. The zero-order valence-electron chi connectivity index (χ0n) is 18.2. The predicted octanol–water partition coefficient (Wildman–Crippen LogP) is 4.07. The molecule has 7 nitrogen and oxygen atoms in total. The number of nitrogens with one attached hydrogen (secondary N) is 2. The summed E-state index contributed by atoms with van der Waals surface area (Å²) in [7, 11) is 0. The van der Waals surface area contributed by atoms with E-state index < -0.39 is 46.6 Å². The van der Waals surface area contributed by atoms with E-state index in [9.17, 15) is 28.0 Å². The molecule has 2 amide bonds. The number of nitriles is 1. The number of hydrogen-bond acceptors (Lipinski definition) is 5. The fourth-order valence-corrected chi connectivity index (χ4v) is 3.99. The molecular weight excluding hydrogens is 485 g/mol. The van der Waals surface area contributed by atoms with Crippen LogP contribution >= 0.6 is 11.6 Å². The van der Waals surface area contributed by atoms with Crippen LogP contribution in [0.3, 0.4) is 0 Å². The topological polar surface area (TPSA) is 108 Å². The summed E-state index contributed by atoms with van der Waals surface area (Å²) in [6.45, 7) is 0. The number of fused-ring (bicyclic) bond motifs is 1. The third kappa shape index (κ3) is 5.41. The van der Waals surface area contributed by atoms with Gasteiger partial charge in [0.15, 0.2) is 11.5 Å². The zero-order valence-corrected chi connectivity index (χ0v) is 19.0. The summed E-state index contributed by atoms with van der Waals surface area (Å²) in [5.41, 5.74) is -1.87. The predicted molar refractivity (Wildman–Crippen MR) is 120 cm³/mol. The van der Waals surface area contributed by atoms with Crippen LogP contribution in [0.2, 0.25) is 0 Å². The first-order chi connectivity index (χ1) is 16.7. The first-order valence-electron chi connectivity index (χ1n) is 10.8. The summed E-state index contributed by atoms with van der Waals surface area (Å²) in [4.78, 5) is 30.2. The van der Waals surface area contributed by atoms with Gasteiger partial charge < -0.3 is 15.1 Å². The summed E-state index contributed by atoms with van der Waals surface area (Å²) >= 11 is 6.03. The lowest BCUT2D eigenvalue weighted by Crippen LogP contribution is -2.52. The van der Waals surface area contributed by atoms with Crippen molar-refractivity contribution >= 4 is 34.5 Å². The molecule has 0 saturated heterocycles. The molecule has 1 fully saturated rings. The summed E-state index contributed by atoms with van der Waals surface area (Å²) in [6.07, 6.45) is -4.06. The summed E-state index contributed by atoms with van der Waals surface area (Å²) < 4.78 is 45.5. The van der Waals surface area contributed by atoms with Gasteiger partial charge in [0.25, 0.3) is 0 Å². The van der Waals surface area contributed by atoms with Crippen molar-refractivity contribution in [3.05, 3.63) is 65.5 Å². The number of halogens is 4. The summed E-state index contributed by atoms with van der Waals surface area (Å²) in [6, 6.07) is 12.9. The van der Waals surface area contributed by atoms with Crippen molar-refractivity contribution in [1.29, 1.82) is 5.26 Å². The molecule has 3 aromatic rings. The maximum Gasteiger partial charge on any atom is 0.420 e. The van der Waals surface area contributed by atoms with E-state index in [0.29, 0.717) is 18.4 Å². The Labute approximate surface area is 203 Å². The second-order valence-corrected chi connectivity index (χ2v) is 8.63. The Bertz CT molecular complexity index is 1280. The molecule has 2 N–H and O–H groups in total. The Balaban J connectivity index is 1.62. The lowest BCUT2D eigenvalue weighted by molar-refractivity contribution is -0.137. The highest BCUT2D eigenvalue weighted by Gasteiger charge is 2.46. The number of aromatic nitrogens is 1. The first kappa shape index (κ1) is 24.5. The molecule has 2 unspecified atom stereocenters. The number of para-hydroxylation sites is 1. The molecule has 2 aromatic carbocycles. The molecule has 4 rings (SSSR count). The van der Waals surface area contributed by atoms with Gasteiger partial charge in [-0.3, -0.25) is 9.59 Å². The maximum absolute atomic E-state index is 13.4. The molecule has 0 bridgehead atoms. The zero-order chi connectivity index (χ0) is 25.2. The fourth-order valence-electron chi connectivity index (χ4n) is 3.67. The van der Waals surface area contributed by atoms with Crippen molar-refractivity contribution in [2.75, 3.05) is 5.88 Å². The van der Waals surface area contributed by atoms with Gasteiger partial charge in [-0.25, -0.2) is 4.98 Å². The number of amides is 2. The Morgan fingerprint density at radius 2 is 1.86 bits per heavy atom. The summed E-state index contributed by atoms with van der Waals surface area (Å²) in [5.74, 6) is -2.23. The van der Waals surface area contributed by atoms with Crippen LogP contribution < -0.4 is 10.6 Å². The normalized spacial score (nSPS) is 16.2. The van der Waals surface area contributed by atoms with Crippen LogP contribution in [0.5, 0.6) is 0 Å². The first-order valence-corrected chi connectivity index (χ1v) is 11.3. The van der Waals surface area contributed by atoms with E-state index in [2.05, 4.69) is 15.6 Å². The Hall–Kier alpha value is -3.58. The Kier molecular flexibility index (Phi) is 6.72. The van der Waals surface area contributed by atoms with E-state index in [-0.39, 0.29) is 23.7 Å². The minimum atomic E-state index is -4.66. The number of rotatable bonds is 8. The number of benzene rings is 2. The Morgan fingerprint density at radius 1 is 1.14 bits per heavy atom. The van der Waals surface area contributed by atoms with Crippen LogP contribution in [0.4, 0.5) is 13.2 Å². The van der Waals surface area contributed by atoms with Gasteiger partial charge in [0.2, 0.25) is 11.8 Å². The molecule has 1 heterocycles. The van der Waals surface area contributed by atoms with E-state index in [1.165, 1.54) is 12.1 Å². The second-order valence-electron chi connectivity index (χ2n) is 8.33. The average Bonchev–Trinajstić information content (AvgIpc) is 3.47. The smallest absolute Gasteiger partial charge is 0.420 e. The van der Waals surface area contributed by atoms with E-state index in [0.717, 1.165) is 6.07 Å². The van der Waals surface area contributed by atoms with Crippen molar-refractivity contribution < 1.29 is 27.2 Å². The van der Waals surface area contributed by atoms with E-state index in [1.54, 1.807) is 30.3 Å². The van der Waals surface area contributed by atoms with Gasteiger partial charge in [0.05, 0.1) is 18.4 Å². The molecule has 1 aliphatic carbocycles. The minimum Gasteiger partial charge on any atom is -0.440 e. The number of alkyl halides is 4. The monoisotopic (exact) mass is 504 g/mol.